The lowest BCUT2D eigenvalue weighted by molar-refractivity contribution is 1.15. The van der Waals surface area contributed by atoms with Crippen LogP contribution in [-0.4, -0.2) is 9.13 Å². The summed E-state index contributed by atoms with van der Waals surface area (Å²) in [5.74, 6) is 0. The predicted octanol–water partition coefficient (Wildman–Crippen LogP) is 14.7. The average Bonchev–Trinajstić information content (AvgIpc) is 3.81. The fraction of sp³-hybridized carbons (Fsp3) is 0. The van der Waals surface area contributed by atoms with Crippen molar-refractivity contribution < 1.29 is 0 Å². The summed E-state index contributed by atoms with van der Waals surface area (Å²) in [6.45, 7) is 0. The van der Waals surface area contributed by atoms with Gasteiger partial charge in [0.15, 0.2) is 0 Å². The smallest absolute Gasteiger partial charge is 0.0795 e. The lowest BCUT2D eigenvalue weighted by atomic mass is 9.89. The van der Waals surface area contributed by atoms with E-state index in [1.807, 2.05) is 0 Å². The van der Waals surface area contributed by atoms with Crippen LogP contribution >= 0.6 is 0 Å². The van der Waals surface area contributed by atoms with Gasteiger partial charge in [-0.2, -0.15) is 0 Å². The summed E-state index contributed by atoms with van der Waals surface area (Å²) in [5, 5.41) is 12.8. The molecule has 0 N–H and O–H groups in total. The molecule has 12 aromatic rings. The van der Waals surface area contributed by atoms with Gasteiger partial charge in [-0.3, -0.25) is 0 Å². The fourth-order valence-corrected chi connectivity index (χ4v) is 9.50. The third kappa shape index (κ3) is 4.38. The highest BCUT2D eigenvalue weighted by atomic mass is 15.0. The Hall–Kier alpha value is -7.42. The van der Waals surface area contributed by atoms with Gasteiger partial charge in [0.05, 0.1) is 22.1 Å². The van der Waals surface area contributed by atoms with Crippen LogP contribution in [0.1, 0.15) is 0 Å². The molecule has 0 bridgehead atoms. The first-order chi connectivity index (χ1) is 27.8. The molecule has 0 aliphatic rings. The molecule has 0 fully saturated rings. The van der Waals surface area contributed by atoms with E-state index in [4.69, 9.17) is 0 Å². The maximum atomic E-state index is 2.52. The van der Waals surface area contributed by atoms with Crippen LogP contribution in [0, 0.1) is 0 Å². The summed E-state index contributed by atoms with van der Waals surface area (Å²) in [5.41, 5.74) is 12.0. The number of fused-ring (bicyclic) bond motifs is 15. The molecule has 0 saturated carbocycles. The molecule has 0 radical (unpaired) electrons. The van der Waals surface area contributed by atoms with Crippen molar-refractivity contribution in [1.29, 1.82) is 0 Å². The monoisotopic (exact) mass is 710 g/mol. The van der Waals surface area contributed by atoms with E-state index in [-0.39, 0.29) is 0 Å². The van der Waals surface area contributed by atoms with Gasteiger partial charge in [-0.05, 0) is 80.2 Å². The molecular formula is C54H34N2. The highest BCUT2D eigenvalue weighted by molar-refractivity contribution is 6.45. The number of para-hydroxylation sites is 3. The van der Waals surface area contributed by atoms with E-state index < -0.39 is 0 Å². The van der Waals surface area contributed by atoms with E-state index in [1.54, 1.807) is 0 Å². The van der Waals surface area contributed by atoms with Gasteiger partial charge in [0.25, 0.3) is 0 Å². The molecule has 0 unspecified atom stereocenters. The summed E-state index contributed by atoms with van der Waals surface area (Å²) in [4.78, 5) is 0. The Kier molecular flexibility index (Phi) is 6.66. The van der Waals surface area contributed by atoms with Crippen molar-refractivity contribution in [2.24, 2.45) is 0 Å². The fourth-order valence-electron chi connectivity index (χ4n) is 9.50. The van der Waals surface area contributed by atoms with Crippen LogP contribution in [0.5, 0.6) is 0 Å². The van der Waals surface area contributed by atoms with Crippen LogP contribution in [0.3, 0.4) is 0 Å². The second kappa shape index (κ2) is 12.0. The van der Waals surface area contributed by atoms with Crippen molar-refractivity contribution >= 4 is 75.9 Å². The Labute approximate surface area is 323 Å². The Morgan fingerprint density at radius 1 is 0.214 bits per heavy atom. The van der Waals surface area contributed by atoms with Gasteiger partial charge >= 0.3 is 0 Å². The van der Waals surface area contributed by atoms with E-state index in [2.05, 4.69) is 215 Å². The molecule has 2 aromatic heterocycles. The first-order valence-electron chi connectivity index (χ1n) is 19.4. The minimum atomic E-state index is 1.14. The molecule has 10 aromatic carbocycles. The summed E-state index contributed by atoms with van der Waals surface area (Å²) in [6, 6.07) is 75.5. The van der Waals surface area contributed by atoms with E-state index in [0.29, 0.717) is 0 Å². The number of nitrogens with zero attached hydrogens (tertiary/aromatic N) is 2. The lowest BCUT2D eigenvalue weighted by Gasteiger charge is -2.17. The van der Waals surface area contributed by atoms with Crippen LogP contribution in [0.2, 0.25) is 0 Å². The molecule has 0 atom stereocenters. The first-order valence-corrected chi connectivity index (χ1v) is 19.4. The van der Waals surface area contributed by atoms with Crippen LogP contribution in [0.4, 0.5) is 0 Å². The Bertz CT molecular complexity index is 3480. The SMILES string of the molecule is c1ccc(-c2ccc(-c3ccc(-n4c5ccccc5c5c6c7ccccc7c7ccccc7c6c6c7ccccc7n(-c7ccccc7)c6c54)cc3)cc2)cc1. The van der Waals surface area contributed by atoms with Crippen molar-refractivity contribution in [3.63, 3.8) is 0 Å². The third-order valence-electron chi connectivity index (χ3n) is 11.9. The Balaban J connectivity index is 1.24. The summed E-state index contributed by atoms with van der Waals surface area (Å²) in [7, 11) is 0. The van der Waals surface area contributed by atoms with Crippen LogP contribution in [-0.2, 0) is 0 Å². The van der Waals surface area contributed by atoms with Crippen molar-refractivity contribution in [2.75, 3.05) is 0 Å². The van der Waals surface area contributed by atoms with Gasteiger partial charge in [-0.25, -0.2) is 0 Å². The second-order valence-corrected chi connectivity index (χ2v) is 14.8. The van der Waals surface area contributed by atoms with E-state index in [0.717, 1.165) is 11.4 Å². The quantitative estimate of drug-likeness (QED) is 0.161. The van der Waals surface area contributed by atoms with Crippen molar-refractivity contribution in [3.05, 3.63) is 206 Å². The molecule has 2 nitrogen and oxygen atoms in total. The van der Waals surface area contributed by atoms with Gasteiger partial charge in [0, 0.05) is 43.7 Å². The highest BCUT2D eigenvalue weighted by Gasteiger charge is 2.27. The van der Waals surface area contributed by atoms with Crippen LogP contribution in [0.15, 0.2) is 206 Å². The molecule has 0 aliphatic heterocycles. The van der Waals surface area contributed by atoms with Crippen molar-refractivity contribution in [1.82, 2.24) is 9.13 Å². The summed E-state index contributed by atoms with van der Waals surface area (Å²) < 4.78 is 5.03. The molecular weight excluding hydrogens is 677 g/mol. The maximum absolute atomic E-state index is 2.52. The van der Waals surface area contributed by atoms with Crippen LogP contribution in [0.25, 0.3) is 110 Å². The number of aromatic nitrogens is 2. The normalized spacial score (nSPS) is 11.9. The molecule has 0 aliphatic carbocycles. The van der Waals surface area contributed by atoms with Gasteiger partial charge in [0.2, 0.25) is 0 Å². The molecule has 0 saturated heterocycles. The third-order valence-corrected chi connectivity index (χ3v) is 11.9. The minimum Gasteiger partial charge on any atom is -0.307 e. The molecule has 56 heavy (non-hydrogen) atoms. The predicted molar refractivity (Wildman–Crippen MR) is 239 cm³/mol. The molecule has 260 valence electrons. The van der Waals surface area contributed by atoms with Gasteiger partial charge in [0.1, 0.15) is 0 Å². The second-order valence-electron chi connectivity index (χ2n) is 14.8. The number of hydrogen-bond donors (Lipinski definition) is 0. The summed E-state index contributed by atoms with van der Waals surface area (Å²) >= 11 is 0. The molecule has 12 rings (SSSR count). The summed E-state index contributed by atoms with van der Waals surface area (Å²) in [6.07, 6.45) is 0. The standard InChI is InChI=1S/C54H34N2/c1-3-15-35(16-4-1)36-27-29-37(30-28-36)38-31-33-40(34-32-38)56-48-26-14-12-24-46(48)52-50-44-22-10-8-20-42(44)41-19-7-9-21-43(41)49(50)51-45-23-11-13-25-47(45)55(53(51)54(52)56)39-17-5-2-6-18-39/h1-34H. The molecule has 0 spiro atoms. The van der Waals surface area contributed by atoms with Crippen molar-refractivity contribution in [2.45, 2.75) is 0 Å². The first kappa shape index (κ1) is 31.0. The average molecular weight is 711 g/mol. The molecule has 2 heteroatoms. The Morgan fingerprint density at radius 2 is 0.536 bits per heavy atom. The number of benzene rings is 10. The van der Waals surface area contributed by atoms with E-state index in [9.17, 15) is 0 Å². The number of hydrogen-bond acceptors (Lipinski definition) is 0. The largest absolute Gasteiger partial charge is 0.307 e. The van der Waals surface area contributed by atoms with E-state index >= 15 is 0 Å². The van der Waals surface area contributed by atoms with Crippen molar-refractivity contribution in [3.8, 4) is 33.6 Å². The number of rotatable bonds is 4. The zero-order valence-electron chi connectivity index (χ0n) is 30.5. The zero-order chi connectivity index (χ0) is 36.7. The zero-order valence-corrected chi connectivity index (χ0v) is 30.5. The van der Waals surface area contributed by atoms with Gasteiger partial charge in [-0.1, -0.05) is 170 Å². The van der Waals surface area contributed by atoms with E-state index in [1.165, 1.54) is 98.2 Å². The minimum absolute atomic E-state index is 1.14. The van der Waals surface area contributed by atoms with Gasteiger partial charge < -0.3 is 9.13 Å². The lowest BCUT2D eigenvalue weighted by Crippen LogP contribution is -1.99. The molecule has 0 amide bonds. The maximum Gasteiger partial charge on any atom is 0.0795 e. The topological polar surface area (TPSA) is 9.86 Å². The highest BCUT2D eigenvalue weighted by Crippen LogP contribution is 2.50. The van der Waals surface area contributed by atoms with Gasteiger partial charge in [-0.15, -0.1) is 0 Å². The molecule has 2 heterocycles. The van der Waals surface area contributed by atoms with Crippen LogP contribution < -0.4 is 0 Å². The Morgan fingerprint density at radius 3 is 1.00 bits per heavy atom.